The first kappa shape index (κ1) is 61.0. The topological polar surface area (TPSA) is 157 Å². The van der Waals surface area contributed by atoms with Gasteiger partial charge in [0, 0.05) is 77.6 Å². The van der Waals surface area contributed by atoms with Crippen molar-refractivity contribution >= 4 is 34.8 Å². The molecule has 1 aliphatic heterocycles. The molecule has 1 saturated heterocycles. The molecule has 1 N–H and O–H groups in total. The van der Waals surface area contributed by atoms with E-state index in [2.05, 4.69) is 67.5 Å². The summed E-state index contributed by atoms with van der Waals surface area (Å²) in [4.78, 5) is 26.4. The number of carbonyl (C=O) groups excluding carboxylic acids is 2. The molecule has 4 aromatic rings. The molecule has 1 heterocycles. The lowest BCUT2D eigenvalue weighted by molar-refractivity contribution is -0.196. The summed E-state index contributed by atoms with van der Waals surface area (Å²) in [7, 11) is 0. The summed E-state index contributed by atoms with van der Waals surface area (Å²) < 4.78 is 34.9. The second-order valence-electron chi connectivity index (χ2n) is 22.4. The number of Topliss-reactive ketones (excluding diaryl/α,β-unsaturated/α-hetero) is 2. The van der Waals surface area contributed by atoms with E-state index in [-0.39, 0.29) is 77.6 Å². The van der Waals surface area contributed by atoms with E-state index in [4.69, 9.17) is 67.3 Å². The highest BCUT2D eigenvalue weighted by molar-refractivity contribution is 6.32. The van der Waals surface area contributed by atoms with Crippen LogP contribution in [0, 0.1) is 56.2 Å². The van der Waals surface area contributed by atoms with E-state index in [0.717, 1.165) is 56.3 Å². The number of halogens is 2. The molecule has 0 amide bonds. The SMILES string of the molecule is C.CC1(C)C(CC(=O)c2ccc(CCCOCCO)cc2)C(C)(C)C1Oc1ccc(C#N)c(Cl)c1.CC1(C)C(CC(=O)c2ccc(CCCOCCOC3CCCCO3)cc2)C(C)(C)C1Oc1ccc(C#N)c(Cl)c1. The van der Waals surface area contributed by atoms with Gasteiger partial charge >= 0.3 is 0 Å². The largest absolute Gasteiger partial charge is 0.489 e. The minimum atomic E-state index is -0.200. The van der Waals surface area contributed by atoms with E-state index >= 15 is 0 Å². The minimum Gasteiger partial charge on any atom is -0.489 e. The van der Waals surface area contributed by atoms with Crippen molar-refractivity contribution in [3.63, 3.8) is 0 Å². The molecule has 75 heavy (non-hydrogen) atoms. The van der Waals surface area contributed by atoms with Crippen molar-refractivity contribution in [3.8, 4) is 23.6 Å². The molecule has 3 aliphatic rings. The molecule has 7 rings (SSSR count). The van der Waals surface area contributed by atoms with Gasteiger partial charge in [-0.3, -0.25) is 9.59 Å². The van der Waals surface area contributed by atoms with Crippen molar-refractivity contribution in [2.24, 2.45) is 33.5 Å². The Balaban J connectivity index is 0.000000277. The molecule has 406 valence electrons. The van der Waals surface area contributed by atoms with Gasteiger partial charge in [0.15, 0.2) is 17.9 Å². The molecule has 11 nitrogen and oxygen atoms in total. The van der Waals surface area contributed by atoms with E-state index < -0.39 is 0 Å². The fourth-order valence-electron chi connectivity index (χ4n) is 12.1. The van der Waals surface area contributed by atoms with Crippen LogP contribution in [0.15, 0.2) is 84.9 Å². The summed E-state index contributed by atoms with van der Waals surface area (Å²) in [5.41, 5.74) is 3.89. The number of hydrogen-bond acceptors (Lipinski definition) is 11. The molecule has 2 saturated carbocycles. The zero-order chi connectivity index (χ0) is 53.7. The van der Waals surface area contributed by atoms with Crippen LogP contribution in [0.2, 0.25) is 10.0 Å². The predicted molar refractivity (Wildman–Crippen MR) is 296 cm³/mol. The van der Waals surface area contributed by atoms with E-state index in [1.54, 1.807) is 36.4 Å². The van der Waals surface area contributed by atoms with Crippen LogP contribution in [0.25, 0.3) is 0 Å². The maximum Gasteiger partial charge on any atom is 0.163 e. The summed E-state index contributed by atoms with van der Waals surface area (Å²) >= 11 is 12.4. The Morgan fingerprint density at radius 2 is 1.04 bits per heavy atom. The van der Waals surface area contributed by atoms with Gasteiger partial charge in [0.1, 0.15) is 35.8 Å². The Kier molecular flexibility index (Phi) is 22.4. The van der Waals surface area contributed by atoms with Crippen molar-refractivity contribution in [2.75, 3.05) is 46.2 Å². The van der Waals surface area contributed by atoms with Gasteiger partial charge in [0.25, 0.3) is 0 Å². The van der Waals surface area contributed by atoms with Crippen LogP contribution >= 0.6 is 23.2 Å². The summed E-state index contributed by atoms with van der Waals surface area (Å²) in [6, 6.07) is 30.3. The Hall–Kier alpha value is -4.82. The summed E-state index contributed by atoms with van der Waals surface area (Å²) in [6.45, 7) is 20.9. The molecule has 1 unspecified atom stereocenters. The Labute approximate surface area is 457 Å². The maximum absolute atomic E-state index is 13.3. The fourth-order valence-corrected chi connectivity index (χ4v) is 12.5. The Bertz CT molecular complexity index is 2540. The van der Waals surface area contributed by atoms with Gasteiger partial charge in [0.05, 0.1) is 47.6 Å². The van der Waals surface area contributed by atoms with E-state index in [1.807, 2.05) is 48.5 Å². The number of nitriles is 2. The number of ether oxygens (including phenoxy) is 6. The lowest BCUT2D eigenvalue weighted by Gasteiger charge is -2.63. The number of carbonyl (C=O) groups is 2. The van der Waals surface area contributed by atoms with Gasteiger partial charge in [-0.1, -0.05) is 135 Å². The van der Waals surface area contributed by atoms with Gasteiger partial charge in [0.2, 0.25) is 0 Å². The molecule has 1 atom stereocenters. The van der Waals surface area contributed by atoms with Crippen molar-refractivity contribution in [3.05, 3.63) is 128 Å². The van der Waals surface area contributed by atoms with Gasteiger partial charge in [-0.05, 0) is 92.2 Å². The standard InChI is InChI=1S/C33H42ClNO5.C28H34ClNO4.CH4/c1-32(2)29(33(3,4)31(32)40-26-15-14-25(22-35)27(34)20-26)21-28(36)24-12-10-23(11-13-24)8-7-16-37-18-19-39-30-9-5-6-17-38-30;1-27(2)25(28(3,4)26(27)34-22-12-11-21(18-30)23(29)16-22)17-24(32)20-9-7-19(8-10-20)6-5-14-33-15-13-31;/h10-15,20,29-31H,5-9,16-19,21H2,1-4H3;7-12,16,25-26,31H,5-6,13-15,17H2,1-4H3;1H4. The van der Waals surface area contributed by atoms with Crippen LogP contribution in [-0.2, 0) is 31.8 Å². The number of aliphatic hydroxyl groups is 1. The third-order valence-corrected chi connectivity index (χ3v) is 16.3. The van der Waals surface area contributed by atoms with Gasteiger partial charge < -0.3 is 33.5 Å². The molecule has 0 bridgehead atoms. The first-order valence-electron chi connectivity index (χ1n) is 26.2. The summed E-state index contributed by atoms with van der Waals surface area (Å²) in [5, 5.41) is 27.7. The van der Waals surface area contributed by atoms with Crippen molar-refractivity contribution < 1.29 is 43.1 Å². The maximum atomic E-state index is 13.3. The first-order valence-corrected chi connectivity index (χ1v) is 27.0. The van der Waals surface area contributed by atoms with Gasteiger partial charge in [-0.15, -0.1) is 0 Å². The molecule has 3 fully saturated rings. The van der Waals surface area contributed by atoms with Crippen LogP contribution in [0.5, 0.6) is 11.5 Å². The highest BCUT2D eigenvalue weighted by atomic mass is 35.5. The lowest BCUT2D eigenvalue weighted by atomic mass is 9.44. The number of hydrogen-bond donors (Lipinski definition) is 1. The number of ketones is 2. The molecule has 13 heteroatoms. The third kappa shape index (κ3) is 15.4. The summed E-state index contributed by atoms with van der Waals surface area (Å²) in [5.74, 6) is 1.90. The molecule has 4 aromatic carbocycles. The second-order valence-corrected chi connectivity index (χ2v) is 23.2. The molecule has 0 radical (unpaired) electrons. The zero-order valence-corrected chi connectivity index (χ0v) is 46.2. The molecule has 2 aliphatic carbocycles. The van der Waals surface area contributed by atoms with Crippen LogP contribution in [0.1, 0.15) is 151 Å². The molecular weight excluding hydrogens is 988 g/mol. The number of nitrogens with zero attached hydrogens (tertiary/aromatic N) is 2. The first-order chi connectivity index (χ1) is 35.2. The van der Waals surface area contributed by atoms with Crippen LogP contribution in [0.3, 0.4) is 0 Å². The Morgan fingerprint density at radius 3 is 1.41 bits per heavy atom. The number of rotatable bonds is 24. The van der Waals surface area contributed by atoms with Crippen molar-refractivity contribution in [1.82, 2.24) is 0 Å². The highest BCUT2D eigenvalue weighted by Gasteiger charge is 2.64. The van der Waals surface area contributed by atoms with Gasteiger partial charge in [-0.25, -0.2) is 0 Å². The molecule has 0 aromatic heterocycles. The van der Waals surface area contributed by atoms with Crippen LogP contribution in [0.4, 0.5) is 0 Å². The van der Waals surface area contributed by atoms with Gasteiger partial charge in [-0.2, -0.15) is 10.5 Å². The van der Waals surface area contributed by atoms with Crippen LogP contribution in [-0.4, -0.2) is 81.4 Å². The van der Waals surface area contributed by atoms with E-state index in [0.29, 0.717) is 78.5 Å². The molecular formula is C62H80Cl2N2O9. The average molecular weight is 1070 g/mol. The second kappa shape index (κ2) is 27.5. The normalized spacial score (nSPS) is 21.5. The number of aliphatic hydroxyl groups excluding tert-OH is 1. The smallest absolute Gasteiger partial charge is 0.163 e. The van der Waals surface area contributed by atoms with E-state index in [9.17, 15) is 9.59 Å². The average Bonchev–Trinajstić information content (AvgIpc) is 3.38. The minimum absolute atomic E-state index is 0. The monoisotopic (exact) mass is 1070 g/mol. The number of aryl methyl sites for hydroxylation is 2. The Morgan fingerprint density at radius 1 is 0.613 bits per heavy atom. The molecule has 0 spiro atoms. The van der Waals surface area contributed by atoms with Crippen molar-refractivity contribution in [1.29, 1.82) is 10.5 Å². The van der Waals surface area contributed by atoms with Crippen LogP contribution < -0.4 is 9.47 Å². The predicted octanol–water partition coefficient (Wildman–Crippen LogP) is 13.9. The van der Waals surface area contributed by atoms with E-state index in [1.165, 1.54) is 17.5 Å². The third-order valence-electron chi connectivity index (χ3n) is 15.7. The van der Waals surface area contributed by atoms with Crippen molar-refractivity contribution in [2.45, 2.75) is 139 Å². The number of benzene rings is 4. The quantitative estimate of drug-likeness (QED) is 0.0526. The highest BCUT2D eigenvalue weighted by Crippen LogP contribution is 2.63. The summed E-state index contributed by atoms with van der Waals surface area (Å²) in [6.07, 6.45) is 7.53. The lowest BCUT2D eigenvalue weighted by Crippen LogP contribution is -2.66. The fraction of sp³-hybridized carbons (Fsp3) is 0.548. The zero-order valence-electron chi connectivity index (χ0n) is 44.6.